The highest BCUT2D eigenvalue weighted by molar-refractivity contribution is 5.77. The SMILES string of the molecule is CNC(=O)CN(C)C1CCN(C(C)C)C1. The van der Waals surface area contributed by atoms with Crippen molar-refractivity contribution < 1.29 is 4.79 Å². The van der Waals surface area contributed by atoms with E-state index in [1.807, 2.05) is 7.05 Å². The zero-order valence-electron chi connectivity index (χ0n) is 10.3. The van der Waals surface area contributed by atoms with Crippen LogP contribution >= 0.6 is 0 Å². The monoisotopic (exact) mass is 213 g/mol. The Morgan fingerprint density at radius 3 is 2.73 bits per heavy atom. The highest BCUT2D eigenvalue weighted by atomic mass is 16.1. The molecule has 0 aliphatic carbocycles. The molecule has 1 unspecified atom stereocenters. The van der Waals surface area contributed by atoms with E-state index in [0.717, 1.165) is 13.1 Å². The summed E-state index contributed by atoms with van der Waals surface area (Å²) in [6.07, 6.45) is 1.17. The molecule has 1 rings (SSSR count). The summed E-state index contributed by atoms with van der Waals surface area (Å²) >= 11 is 0. The van der Waals surface area contributed by atoms with E-state index >= 15 is 0 Å². The van der Waals surface area contributed by atoms with Gasteiger partial charge in [-0.2, -0.15) is 0 Å². The van der Waals surface area contributed by atoms with Crippen molar-refractivity contribution in [2.45, 2.75) is 32.4 Å². The van der Waals surface area contributed by atoms with Crippen LogP contribution in [0, 0.1) is 0 Å². The predicted octanol–water partition coefficient (Wildman–Crippen LogP) is 0.147. The Balaban J connectivity index is 2.36. The lowest BCUT2D eigenvalue weighted by molar-refractivity contribution is -0.121. The molecular weight excluding hydrogens is 190 g/mol. The number of nitrogens with zero attached hydrogens (tertiary/aromatic N) is 2. The van der Waals surface area contributed by atoms with Crippen LogP contribution in [0.5, 0.6) is 0 Å². The number of likely N-dealkylation sites (N-methyl/N-ethyl adjacent to an activating group) is 2. The molecule has 0 aromatic carbocycles. The quantitative estimate of drug-likeness (QED) is 0.722. The number of hydrogen-bond acceptors (Lipinski definition) is 3. The van der Waals surface area contributed by atoms with Gasteiger partial charge in [0.05, 0.1) is 6.54 Å². The molecule has 1 N–H and O–H groups in total. The first-order valence-corrected chi connectivity index (χ1v) is 5.69. The molecule has 4 nitrogen and oxygen atoms in total. The molecule has 1 saturated heterocycles. The Hall–Kier alpha value is -0.610. The van der Waals surface area contributed by atoms with Crippen molar-refractivity contribution in [3.63, 3.8) is 0 Å². The van der Waals surface area contributed by atoms with E-state index in [-0.39, 0.29) is 5.91 Å². The molecule has 1 aliphatic heterocycles. The Bertz CT molecular complexity index is 218. The number of nitrogens with one attached hydrogen (secondary N) is 1. The zero-order chi connectivity index (χ0) is 11.4. The molecule has 0 bridgehead atoms. The second-order valence-corrected chi connectivity index (χ2v) is 4.62. The van der Waals surface area contributed by atoms with Gasteiger partial charge in [0.15, 0.2) is 0 Å². The maximum Gasteiger partial charge on any atom is 0.233 e. The Kier molecular flexibility index (Phi) is 4.54. The third-order valence-corrected chi connectivity index (χ3v) is 3.22. The minimum atomic E-state index is 0.0977. The van der Waals surface area contributed by atoms with Crippen LogP contribution in [-0.2, 0) is 4.79 Å². The van der Waals surface area contributed by atoms with Gasteiger partial charge in [0, 0.05) is 32.2 Å². The second-order valence-electron chi connectivity index (χ2n) is 4.62. The molecule has 1 aliphatic rings. The highest BCUT2D eigenvalue weighted by Crippen LogP contribution is 2.16. The van der Waals surface area contributed by atoms with Crippen LogP contribution < -0.4 is 5.32 Å². The Labute approximate surface area is 92.6 Å². The van der Waals surface area contributed by atoms with E-state index in [1.165, 1.54) is 6.42 Å². The van der Waals surface area contributed by atoms with E-state index in [4.69, 9.17) is 0 Å². The molecule has 1 fully saturated rings. The molecule has 0 saturated carbocycles. The number of likely N-dealkylation sites (tertiary alicyclic amines) is 1. The van der Waals surface area contributed by atoms with E-state index < -0.39 is 0 Å². The van der Waals surface area contributed by atoms with Crippen molar-refractivity contribution in [2.24, 2.45) is 0 Å². The molecule has 1 atom stereocenters. The number of carbonyl (C=O) groups is 1. The molecule has 0 aromatic heterocycles. The molecule has 0 aromatic rings. The summed E-state index contributed by atoms with van der Waals surface area (Å²) in [4.78, 5) is 15.8. The first-order valence-electron chi connectivity index (χ1n) is 5.69. The second kappa shape index (κ2) is 5.47. The van der Waals surface area contributed by atoms with Crippen LogP contribution in [-0.4, -0.2) is 61.5 Å². The lowest BCUT2D eigenvalue weighted by Gasteiger charge is -2.25. The molecule has 15 heavy (non-hydrogen) atoms. The van der Waals surface area contributed by atoms with Gasteiger partial charge in [-0.3, -0.25) is 14.6 Å². The molecule has 1 amide bonds. The minimum Gasteiger partial charge on any atom is -0.358 e. The molecule has 4 heteroatoms. The smallest absolute Gasteiger partial charge is 0.233 e. The van der Waals surface area contributed by atoms with Gasteiger partial charge in [-0.15, -0.1) is 0 Å². The first-order chi connectivity index (χ1) is 7.04. The summed E-state index contributed by atoms with van der Waals surface area (Å²) in [5.74, 6) is 0.0977. The Morgan fingerprint density at radius 2 is 2.27 bits per heavy atom. The van der Waals surface area contributed by atoms with Gasteiger partial charge in [0.25, 0.3) is 0 Å². The van der Waals surface area contributed by atoms with Crippen molar-refractivity contribution >= 4 is 5.91 Å². The van der Waals surface area contributed by atoms with Gasteiger partial charge in [-0.25, -0.2) is 0 Å². The van der Waals surface area contributed by atoms with E-state index in [2.05, 4.69) is 29.0 Å². The van der Waals surface area contributed by atoms with Crippen molar-refractivity contribution in [2.75, 3.05) is 33.7 Å². The minimum absolute atomic E-state index is 0.0977. The van der Waals surface area contributed by atoms with Crippen molar-refractivity contribution in [1.29, 1.82) is 0 Å². The van der Waals surface area contributed by atoms with Gasteiger partial charge in [-0.05, 0) is 27.3 Å². The van der Waals surface area contributed by atoms with Crippen LogP contribution in [0.2, 0.25) is 0 Å². The van der Waals surface area contributed by atoms with Crippen LogP contribution in [0.4, 0.5) is 0 Å². The fourth-order valence-corrected chi connectivity index (χ4v) is 2.03. The number of amides is 1. The standard InChI is InChI=1S/C11H23N3O/c1-9(2)14-6-5-10(7-14)13(4)8-11(15)12-3/h9-10H,5-8H2,1-4H3,(H,12,15). The van der Waals surface area contributed by atoms with Crippen LogP contribution in [0.15, 0.2) is 0 Å². The maximum absolute atomic E-state index is 11.2. The fraction of sp³-hybridized carbons (Fsp3) is 0.909. The third kappa shape index (κ3) is 3.47. The normalized spacial score (nSPS) is 22.7. The molecule has 0 spiro atoms. The Morgan fingerprint density at radius 1 is 1.60 bits per heavy atom. The predicted molar refractivity (Wildman–Crippen MR) is 61.8 cm³/mol. The lowest BCUT2D eigenvalue weighted by Crippen LogP contribution is -2.41. The summed E-state index contributed by atoms with van der Waals surface area (Å²) in [7, 11) is 3.72. The molecule has 1 heterocycles. The van der Waals surface area contributed by atoms with Gasteiger partial charge in [0.2, 0.25) is 5.91 Å². The third-order valence-electron chi connectivity index (χ3n) is 3.22. The van der Waals surface area contributed by atoms with E-state index in [9.17, 15) is 4.79 Å². The topological polar surface area (TPSA) is 35.6 Å². The van der Waals surface area contributed by atoms with Crippen LogP contribution in [0.3, 0.4) is 0 Å². The summed E-state index contributed by atoms with van der Waals surface area (Å²) in [6, 6.07) is 1.15. The van der Waals surface area contributed by atoms with Crippen molar-refractivity contribution in [3.05, 3.63) is 0 Å². The average molecular weight is 213 g/mol. The summed E-state index contributed by atoms with van der Waals surface area (Å²) in [6.45, 7) is 7.20. The van der Waals surface area contributed by atoms with Crippen LogP contribution in [0.1, 0.15) is 20.3 Å². The fourth-order valence-electron chi connectivity index (χ4n) is 2.03. The molecule has 0 radical (unpaired) electrons. The number of hydrogen-bond donors (Lipinski definition) is 1. The zero-order valence-corrected chi connectivity index (χ0v) is 10.3. The highest BCUT2D eigenvalue weighted by Gasteiger charge is 2.27. The van der Waals surface area contributed by atoms with Gasteiger partial charge < -0.3 is 5.32 Å². The number of carbonyl (C=O) groups excluding carboxylic acids is 1. The van der Waals surface area contributed by atoms with Gasteiger partial charge in [0.1, 0.15) is 0 Å². The number of rotatable bonds is 4. The summed E-state index contributed by atoms with van der Waals surface area (Å²) in [5, 5.41) is 2.66. The maximum atomic E-state index is 11.2. The van der Waals surface area contributed by atoms with Crippen LogP contribution in [0.25, 0.3) is 0 Å². The van der Waals surface area contributed by atoms with E-state index in [0.29, 0.717) is 18.6 Å². The van der Waals surface area contributed by atoms with Gasteiger partial charge in [-0.1, -0.05) is 0 Å². The summed E-state index contributed by atoms with van der Waals surface area (Å²) in [5.41, 5.74) is 0. The lowest BCUT2D eigenvalue weighted by atomic mass is 10.2. The van der Waals surface area contributed by atoms with Crippen molar-refractivity contribution in [3.8, 4) is 0 Å². The van der Waals surface area contributed by atoms with E-state index in [1.54, 1.807) is 7.05 Å². The largest absolute Gasteiger partial charge is 0.358 e. The van der Waals surface area contributed by atoms with Gasteiger partial charge >= 0.3 is 0 Å². The molecular formula is C11H23N3O. The average Bonchev–Trinajstić information content (AvgIpc) is 2.66. The molecule has 88 valence electrons. The first kappa shape index (κ1) is 12.5. The summed E-state index contributed by atoms with van der Waals surface area (Å²) < 4.78 is 0. The van der Waals surface area contributed by atoms with Crippen molar-refractivity contribution in [1.82, 2.24) is 15.1 Å².